The van der Waals surface area contributed by atoms with Crippen LogP contribution in [-0.4, -0.2) is 48.0 Å². The van der Waals surface area contributed by atoms with E-state index >= 15 is 0 Å². The zero-order valence-electron chi connectivity index (χ0n) is 15.6. The van der Waals surface area contributed by atoms with E-state index in [1.54, 1.807) is 6.20 Å². The fraction of sp³-hybridized carbons (Fsp3) is 0.500. The summed E-state index contributed by atoms with van der Waals surface area (Å²) in [5, 5.41) is 7.79. The van der Waals surface area contributed by atoms with Crippen molar-refractivity contribution in [1.29, 1.82) is 0 Å². The van der Waals surface area contributed by atoms with E-state index in [0.717, 1.165) is 57.8 Å². The van der Waals surface area contributed by atoms with Crippen LogP contribution in [0.2, 0.25) is 5.02 Å². The quantitative estimate of drug-likeness (QED) is 0.872. The fourth-order valence-corrected chi connectivity index (χ4v) is 3.97. The van der Waals surface area contributed by atoms with Crippen LogP contribution in [0.3, 0.4) is 0 Å². The second kappa shape index (κ2) is 8.00. The number of hydrogen-bond acceptors (Lipinski definition) is 5. The second-order valence-corrected chi connectivity index (χ2v) is 7.87. The van der Waals surface area contributed by atoms with Gasteiger partial charge in [-0.05, 0) is 55.5 Å². The summed E-state index contributed by atoms with van der Waals surface area (Å²) >= 11 is 6.36. The molecule has 0 spiro atoms. The van der Waals surface area contributed by atoms with Gasteiger partial charge in [-0.1, -0.05) is 17.7 Å². The van der Waals surface area contributed by atoms with Crippen LogP contribution in [0.4, 0.5) is 5.69 Å². The molecule has 2 aliphatic rings. The Morgan fingerprint density at radius 2 is 2.26 bits per heavy atom. The highest BCUT2D eigenvalue weighted by molar-refractivity contribution is 6.32. The van der Waals surface area contributed by atoms with Gasteiger partial charge in [-0.2, -0.15) is 9.78 Å². The predicted molar refractivity (Wildman–Crippen MR) is 107 cm³/mol. The molecule has 27 heavy (non-hydrogen) atoms. The van der Waals surface area contributed by atoms with Crippen LogP contribution in [0.1, 0.15) is 24.0 Å². The van der Waals surface area contributed by atoms with E-state index < -0.39 is 0 Å². The van der Waals surface area contributed by atoms with Crippen LogP contribution in [-0.2, 0) is 17.7 Å². The maximum absolute atomic E-state index is 12.8. The number of ether oxygens (including phenoxy) is 1. The van der Waals surface area contributed by atoms with Crippen molar-refractivity contribution in [3.63, 3.8) is 0 Å². The monoisotopic (exact) mass is 388 g/mol. The normalized spacial score (nSPS) is 20.3. The number of benzene rings is 1. The van der Waals surface area contributed by atoms with Crippen molar-refractivity contribution in [1.82, 2.24) is 14.7 Å². The smallest absolute Gasteiger partial charge is 0.292 e. The molecule has 0 radical (unpaired) electrons. The highest BCUT2D eigenvalue weighted by Crippen LogP contribution is 2.22. The summed E-state index contributed by atoms with van der Waals surface area (Å²) in [5.41, 5.74) is 3.62. The Bertz CT molecular complexity index is 877. The summed E-state index contributed by atoms with van der Waals surface area (Å²) in [7, 11) is 2.11. The van der Waals surface area contributed by atoms with Crippen LogP contribution in [0, 0.1) is 5.92 Å². The zero-order valence-corrected chi connectivity index (χ0v) is 16.3. The van der Waals surface area contributed by atoms with E-state index in [0.29, 0.717) is 11.6 Å². The van der Waals surface area contributed by atoms with Crippen LogP contribution in [0.15, 0.2) is 29.2 Å². The predicted octanol–water partition coefficient (Wildman–Crippen LogP) is 2.71. The van der Waals surface area contributed by atoms with Gasteiger partial charge in [0.25, 0.3) is 5.56 Å². The van der Waals surface area contributed by atoms with E-state index in [1.807, 2.05) is 12.1 Å². The van der Waals surface area contributed by atoms with Gasteiger partial charge in [-0.3, -0.25) is 4.79 Å². The van der Waals surface area contributed by atoms with Gasteiger partial charge in [0.15, 0.2) is 0 Å². The second-order valence-electron chi connectivity index (χ2n) is 7.49. The first kappa shape index (κ1) is 18.5. The standard InChI is InChI=1S/C20H25ClN4O2/c1-24-7-6-15-4-5-17(9-16(15)12-24)25-20(26)19(21)18(11-23-25)22-10-14-3-2-8-27-13-14/h4-5,9,11,14,22H,2-3,6-8,10,12-13H2,1H3/t14-/m1/s1. The lowest BCUT2D eigenvalue weighted by atomic mass is 9.99. The number of likely N-dealkylation sites (N-methyl/N-ethyl adjacent to an activating group) is 1. The molecule has 0 aliphatic carbocycles. The number of rotatable bonds is 4. The summed E-state index contributed by atoms with van der Waals surface area (Å²) in [6.07, 6.45) is 4.87. The molecule has 1 fully saturated rings. The SMILES string of the molecule is CN1CCc2ccc(-n3ncc(NC[C@H]4CCCOC4)c(Cl)c3=O)cc2C1. The van der Waals surface area contributed by atoms with Gasteiger partial charge >= 0.3 is 0 Å². The van der Waals surface area contributed by atoms with Gasteiger partial charge in [0, 0.05) is 26.2 Å². The fourth-order valence-electron chi connectivity index (χ4n) is 3.78. The molecule has 1 saturated heterocycles. The van der Waals surface area contributed by atoms with E-state index in [9.17, 15) is 4.79 Å². The number of halogens is 1. The maximum atomic E-state index is 12.8. The number of aromatic nitrogens is 2. The first-order valence-corrected chi connectivity index (χ1v) is 9.90. The average molecular weight is 389 g/mol. The number of hydrogen-bond donors (Lipinski definition) is 1. The van der Waals surface area contributed by atoms with Crippen molar-refractivity contribution < 1.29 is 4.74 Å². The topological polar surface area (TPSA) is 59.4 Å². The number of fused-ring (bicyclic) bond motifs is 1. The molecule has 1 aromatic heterocycles. The summed E-state index contributed by atoms with van der Waals surface area (Å²) < 4.78 is 6.88. The summed E-state index contributed by atoms with van der Waals surface area (Å²) in [6, 6.07) is 6.08. The molecule has 2 aromatic rings. The lowest BCUT2D eigenvalue weighted by Gasteiger charge is -2.25. The van der Waals surface area contributed by atoms with E-state index in [-0.39, 0.29) is 10.6 Å². The Labute approximate surface area is 164 Å². The minimum Gasteiger partial charge on any atom is -0.382 e. The first-order valence-electron chi connectivity index (χ1n) is 9.52. The average Bonchev–Trinajstić information content (AvgIpc) is 2.69. The number of anilines is 1. The highest BCUT2D eigenvalue weighted by atomic mass is 35.5. The van der Waals surface area contributed by atoms with Gasteiger partial charge < -0.3 is 15.0 Å². The van der Waals surface area contributed by atoms with Gasteiger partial charge in [-0.15, -0.1) is 0 Å². The number of nitrogens with one attached hydrogen (secondary N) is 1. The van der Waals surface area contributed by atoms with Crippen molar-refractivity contribution >= 4 is 17.3 Å². The Balaban J connectivity index is 1.55. The highest BCUT2D eigenvalue weighted by Gasteiger charge is 2.17. The van der Waals surface area contributed by atoms with Crippen molar-refractivity contribution in [2.24, 2.45) is 5.92 Å². The molecule has 6 nitrogen and oxygen atoms in total. The third-order valence-corrected chi connectivity index (χ3v) is 5.76. The maximum Gasteiger partial charge on any atom is 0.292 e. The molecule has 0 unspecified atom stereocenters. The molecular weight excluding hydrogens is 364 g/mol. The molecule has 1 aromatic carbocycles. The molecule has 7 heteroatoms. The molecule has 3 heterocycles. The lowest BCUT2D eigenvalue weighted by molar-refractivity contribution is 0.0595. The molecule has 0 saturated carbocycles. The third-order valence-electron chi connectivity index (χ3n) is 5.39. The Hall–Kier alpha value is -1.89. The minimum absolute atomic E-state index is 0.177. The molecule has 4 rings (SSSR count). The van der Waals surface area contributed by atoms with Crippen LogP contribution < -0.4 is 10.9 Å². The Morgan fingerprint density at radius 1 is 1.37 bits per heavy atom. The molecule has 0 bridgehead atoms. The van der Waals surface area contributed by atoms with Gasteiger partial charge in [0.1, 0.15) is 5.02 Å². The largest absolute Gasteiger partial charge is 0.382 e. The van der Waals surface area contributed by atoms with Crippen molar-refractivity contribution in [2.45, 2.75) is 25.8 Å². The molecule has 2 aliphatic heterocycles. The lowest BCUT2D eigenvalue weighted by Crippen LogP contribution is -2.28. The van der Waals surface area contributed by atoms with Crippen LogP contribution >= 0.6 is 11.6 Å². The number of nitrogens with zero attached hydrogens (tertiary/aromatic N) is 3. The van der Waals surface area contributed by atoms with E-state index in [2.05, 4.69) is 28.4 Å². The van der Waals surface area contributed by atoms with Crippen LogP contribution in [0.25, 0.3) is 5.69 Å². The first-order chi connectivity index (χ1) is 13.1. The molecule has 144 valence electrons. The van der Waals surface area contributed by atoms with Crippen molar-refractivity contribution in [2.75, 3.05) is 38.7 Å². The zero-order chi connectivity index (χ0) is 18.8. The Kier molecular flexibility index (Phi) is 5.48. The molecule has 0 amide bonds. The molecular formula is C20H25ClN4O2. The van der Waals surface area contributed by atoms with E-state index in [4.69, 9.17) is 16.3 Å². The summed E-state index contributed by atoms with van der Waals surface area (Å²) in [6.45, 7) is 4.26. The van der Waals surface area contributed by atoms with E-state index in [1.165, 1.54) is 15.8 Å². The van der Waals surface area contributed by atoms with Gasteiger partial charge in [0.2, 0.25) is 0 Å². The van der Waals surface area contributed by atoms with Gasteiger partial charge in [-0.25, -0.2) is 0 Å². The minimum atomic E-state index is -0.300. The summed E-state index contributed by atoms with van der Waals surface area (Å²) in [5.74, 6) is 0.440. The molecule has 1 N–H and O–H groups in total. The Morgan fingerprint density at radius 3 is 3.07 bits per heavy atom. The molecule has 1 atom stereocenters. The van der Waals surface area contributed by atoms with Gasteiger partial charge in [0.05, 0.1) is 24.2 Å². The summed E-state index contributed by atoms with van der Waals surface area (Å²) in [4.78, 5) is 15.0. The van der Waals surface area contributed by atoms with Crippen molar-refractivity contribution in [3.05, 3.63) is 50.9 Å². The third kappa shape index (κ3) is 4.03. The van der Waals surface area contributed by atoms with Crippen molar-refractivity contribution in [3.8, 4) is 5.69 Å². The van der Waals surface area contributed by atoms with Crippen LogP contribution in [0.5, 0.6) is 0 Å².